The molecule has 1 saturated carbocycles. The summed E-state index contributed by atoms with van der Waals surface area (Å²) in [5, 5.41) is 3.07. The van der Waals surface area contributed by atoms with Crippen LogP contribution in [-0.2, 0) is 0 Å². The minimum Gasteiger partial charge on any atom is -0.352 e. The molecule has 0 saturated heterocycles. The third-order valence-electron chi connectivity index (χ3n) is 4.90. The maximum absolute atomic E-state index is 12.1. The molecule has 3 heteroatoms. The van der Waals surface area contributed by atoms with Crippen molar-refractivity contribution in [2.75, 3.05) is 6.54 Å². The number of benzene rings is 1. The lowest BCUT2D eigenvalue weighted by atomic mass is 10.0. The summed E-state index contributed by atoms with van der Waals surface area (Å²) in [5.41, 5.74) is 1.42. The van der Waals surface area contributed by atoms with Crippen LogP contribution >= 0.6 is 22.6 Å². The van der Waals surface area contributed by atoms with Crippen molar-refractivity contribution in [2.24, 2.45) is 16.7 Å². The van der Waals surface area contributed by atoms with Gasteiger partial charge in [-0.05, 0) is 51.5 Å². The lowest BCUT2D eigenvalue weighted by molar-refractivity contribution is 0.0949. The van der Waals surface area contributed by atoms with Crippen LogP contribution in [0.5, 0.6) is 0 Å². The van der Waals surface area contributed by atoms with Crippen LogP contribution in [0.25, 0.3) is 0 Å². The highest BCUT2D eigenvalue weighted by atomic mass is 127. The number of hydrogen-bond acceptors (Lipinski definition) is 1. The minimum absolute atomic E-state index is 0.0403. The summed E-state index contributed by atoms with van der Waals surface area (Å²) in [6.45, 7) is 9.86. The van der Waals surface area contributed by atoms with E-state index in [0.29, 0.717) is 16.7 Å². The molecular weight excluding hydrogens is 337 g/mol. The molecule has 2 nitrogen and oxygen atoms in total. The Morgan fingerprint density at radius 2 is 1.78 bits per heavy atom. The van der Waals surface area contributed by atoms with E-state index in [2.05, 4.69) is 55.6 Å². The molecule has 1 aromatic rings. The molecule has 0 heterocycles. The molecule has 18 heavy (non-hydrogen) atoms. The second-order valence-electron chi connectivity index (χ2n) is 6.19. The number of halogens is 1. The van der Waals surface area contributed by atoms with E-state index in [0.717, 1.165) is 15.7 Å². The monoisotopic (exact) mass is 357 g/mol. The molecule has 0 aliphatic heterocycles. The fourth-order valence-corrected chi connectivity index (χ4v) is 3.41. The zero-order chi connectivity index (χ0) is 13.6. The molecule has 0 aromatic heterocycles. The Morgan fingerprint density at radius 1 is 1.22 bits per heavy atom. The summed E-state index contributed by atoms with van der Waals surface area (Å²) >= 11 is 2.20. The Kier molecular flexibility index (Phi) is 3.47. The maximum atomic E-state index is 12.1. The first kappa shape index (κ1) is 13.8. The van der Waals surface area contributed by atoms with Crippen molar-refractivity contribution in [3.05, 3.63) is 33.4 Å². The molecule has 2 rings (SSSR count). The maximum Gasteiger partial charge on any atom is 0.252 e. The quantitative estimate of drug-likeness (QED) is 0.822. The molecule has 0 spiro atoms. The second-order valence-corrected chi connectivity index (χ2v) is 7.35. The van der Waals surface area contributed by atoms with E-state index in [4.69, 9.17) is 0 Å². The van der Waals surface area contributed by atoms with Crippen molar-refractivity contribution in [2.45, 2.75) is 27.7 Å². The highest BCUT2D eigenvalue weighted by Gasteiger charge is 2.64. The third kappa shape index (κ3) is 2.17. The van der Waals surface area contributed by atoms with Gasteiger partial charge in [0.25, 0.3) is 5.91 Å². The molecule has 1 aromatic carbocycles. The Bertz CT molecular complexity index is 465. The Morgan fingerprint density at radius 3 is 2.28 bits per heavy atom. The third-order valence-corrected chi connectivity index (χ3v) is 5.85. The molecule has 0 unspecified atom stereocenters. The van der Waals surface area contributed by atoms with Crippen LogP contribution in [-0.4, -0.2) is 12.5 Å². The Balaban J connectivity index is 1.97. The van der Waals surface area contributed by atoms with Gasteiger partial charge in [0.2, 0.25) is 0 Å². The van der Waals surface area contributed by atoms with Crippen molar-refractivity contribution in [1.82, 2.24) is 5.32 Å². The first-order chi connectivity index (χ1) is 8.28. The van der Waals surface area contributed by atoms with Crippen molar-refractivity contribution in [3.8, 4) is 0 Å². The predicted molar refractivity (Wildman–Crippen MR) is 82.5 cm³/mol. The average Bonchev–Trinajstić information content (AvgIpc) is 2.67. The first-order valence-corrected chi connectivity index (χ1v) is 7.39. The molecule has 0 bridgehead atoms. The van der Waals surface area contributed by atoms with E-state index in [1.807, 2.05) is 24.3 Å². The normalized spacial score (nSPS) is 20.5. The molecule has 1 aliphatic rings. The van der Waals surface area contributed by atoms with Gasteiger partial charge in [-0.3, -0.25) is 4.79 Å². The zero-order valence-electron chi connectivity index (χ0n) is 11.4. The van der Waals surface area contributed by atoms with Crippen LogP contribution in [0.1, 0.15) is 38.1 Å². The fraction of sp³-hybridized carbons (Fsp3) is 0.533. The van der Waals surface area contributed by atoms with Gasteiger partial charge in [-0.2, -0.15) is 0 Å². The minimum atomic E-state index is 0.0403. The largest absolute Gasteiger partial charge is 0.352 e. The lowest BCUT2D eigenvalue weighted by Crippen LogP contribution is -2.27. The average molecular weight is 357 g/mol. The standard InChI is InChI=1S/C15H20INO/c1-14(2)12(15(14,3)4)9-17-13(18)10-7-5-6-8-11(10)16/h5-8,12H,9H2,1-4H3,(H,17,18). The van der Waals surface area contributed by atoms with Gasteiger partial charge in [-0.15, -0.1) is 0 Å². The van der Waals surface area contributed by atoms with Gasteiger partial charge in [0.05, 0.1) is 5.56 Å². The summed E-state index contributed by atoms with van der Waals surface area (Å²) in [4.78, 5) is 12.1. The Labute approximate surface area is 123 Å². The zero-order valence-corrected chi connectivity index (χ0v) is 13.5. The molecule has 1 N–H and O–H groups in total. The topological polar surface area (TPSA) is 29.1 Å². The first-order valence-electron chi connectivity index (χ1n) is 6.31. The van der Waals surface area contributed by atoms with Crippen LogP contribution in [0.4, 0.5) is 0 Å². The van der Waals surface area contributed by atoms with Crippen molar-refractivity contribution in [3.63, 3.8) is 0 Å². The molecule has 0 atom stereocenters. The SMILES string of the molecule is CC1(C)C(CNC(=O)c2ccccc2I)C1(C)C. The molecule has 1 amide bonds. The predicted octanol–water partition coefficient (Wildman–Crippen LogP) is 3.70. The highest BCUT2D eigenvalue weighted by Crippen LogP contribution is 2.67. The van der Waals surface area contributed by atoms with Crippen molar-refractivity contribution < 1.29 is 4.79 Å². The number of nitrogens with one attached hydrogen (secondary N) is 1. The number of amides is 1. The van der Waals surface area contributed by atoms with E-state index in [1.54, 1.807) is 0 Å². The lowest BCUT2D eigenvalue weighted by Gasteiger charge is -2.07. The van der Waals surface area contributed by atoms with E-state index in [1.165, 1.54) is 0 Å². The van der Waals surface area contributed by atoms with Crippen LogP contribution in [0.15, 0.2) is 24.3 Å². The molecule has 0 radical (unpaired) electrons. The van der Waals surface area contributed by atoms with E-state index in [-0.39, 0.29) is 5.91 Å². The van der Waals surface area contributed by atoms with E-state index in [9.17, 15) is 4.79 Å². The van der Waals surface area contributed by atoms with Gasteiger partial charge < -0.3 is 5.32 Å². The van der Waals surface area contributed by atoms with Crippen LogP contribution < -0.4 is 5.32 Å². The summed E-state index contributed by atoms with van der Waals surface area (Å²) in [6.07, 6.45) is 0. The van der Waals surface area contributed by atoms with Gasteiger partial charge in [0, 0.05) is 10.1 Å². The fourth-order valence-electron chi connectivity index (χ4n) is 2.78. The number of rotatable bonds is 3. The van der Waals surface area contributed by atoms with Crippen LogP contribution in [0, 0.1) is 20.3 Å². The molecule has 1 fully saturated rings. The summed E-state index contributed by atoms with van der Waals surface area (Å²) in [6, 6.07) is 7.69. The number of carbonyl (C=O) groups is 1. The van der Waals surface area contributed by atoms with Gasteiger partial charge in [-0.25, -0.2) is 0 Å². The van der Waals surface area contributed by atoms with Gasteiger partial charge in [-0.1, -0.05) is 39.8 Å². The van der Waals surface area contributed by atoms with E-state index < -0.39 is 0 Å². The molecular formula is C15H20INO. The molecule has 1 aliphatic carbocycles. The second kappa shape index (κ2) is 4.51. The number of carbonyl (C=O) groups excluding carboxylic acids is 1. The van der Waals surface area contributed by atoms with Crippen LogP contribution in [0.3, 0.4) is 0 Å². The molecule has 98 valence electrons. The van der Waals surface area contributed by atoms with E-state index >= 15 is 0 Å². The highest BCUT2D eigenvalue weighted by molar-refractivity contribution is 14.1. The van der Waals surface area contributed by atoms with Gasteiger partial charge in [0.1, 0.15) is 0 Å². The van der Waals surface area contributed by atoms with Gasteiger partial charge in [0.15, 0.2) is 0 Å². The smallest absolute Gasteiger partial charge is 0.252 e. The summed E-state index contributed by atoms with van der Waals surface area (Å²) in [7, 11) is 0. The summed E-state index contributed by atoms with van der Waals surface area (Å²) in [5.74, 6) is 0.605. The summed E-state index contributed by atoms with van der Waals surface area (Å²) < 4.78 is 1.00. The Hall–Kier alpha value is -0.580. The van der Waals surface area contributed by atoms with Crippen molar-refractivity contribution >= 4 is 28.5 Å². The van der Waals surface area contributed by atoms with Gasteiger partial charge >= 0.3 is 0 Å². The van der Waals surface area contributed by atoms with Crippen LogP contribution in [0.2, 0.25) is 0 Å². The van der Waals surface area contributed by atoms with Crippen molar-refractivity contribution in [1.29, 1.82) is 0 Å². The number of hydrogen-bond donors (Lipinski definition) is 1.